The summed E-state index contributed by atoms with van der Waals surface area (Å²) in [6, 6.07) is 7.60. The summed E-state index contributed by atoms with van der Waals surface area (Å²) in [7, 11) is 0. The fourth-order valence-corrected chi connectivity index (χ4v) is 2.11. The first-order chi connectivity index (χ1) is 8.15. The molecule has 1 heterocycles. The van der Waals surface area contributed by atoms with Crippen LogP contribution in [0.5, 0.6) is 0 Å². The second-order valence-electron chi connectivity index (χ2n) is 4.57. The molecule has 2 rings (SSSR count). The summed E-state index contributed by atoms with van der Waals surface area (Å²) in [4.78, 5) is 11.7. The molecule has 0 bridgehead atoms. The Morgan fingerprint density at radius 1 is 1.59 bits per heavy atom. The van der Waals surface area contributed by atoms with Crippen LogP contribution in [0.3, 0.4) is 0 Å². The highest BCUT2D eigenvalue weighted by Gasteiger charge is 2.21. The van der Waals surface area contributed by atoms with E-state index in [0.717, 1.165) is 18.7 Å². The van der Waals surface area contributed by atoms with E-state index in [4.69, 9.17) is 11.6 Å². The highest BCUT2D eigenvalue weighted by molar-refractivity contribution is 6.30. The molecular formula is C13H17ClN2O. The van der Waals surface area contributed by atoms with Crippen LogP contribution >= 0.6 is 11.6 Å². The molecule has 0 aromatic heterocycles. The summed E-state index contributed by atoms with van der Waals surface area (Å²) in [5, 5.41) is 6.86. The van der Waals surface area contributed by atoms with Gasteiger partial charge in [0.25, 0.3) is 0 Å². The Hall–Kier alpha value is -1.06. The normalized spacial score (nSPS) is 17.3. The van der Waals surface area contributed by atoms with Crippen LogP contribution in [-0.4, -0.2) is 19.0 Å². The van der Waals surface area contributed by atoms with E-state index in [9.17, 15) is 4.79 Å². The maximum Gasteiger partial charge on any atom is 0.220 e. The van der Waals surface area contributed by atoms with Gasteiger partial charge in [0.05, 0.1) is 6.04 Å². The minimum atomic E-state index is 0.00855. The summed E-state index contributed by atoms with van der Waals surface area (Å²) in [6.07, 6.45) is 0.609. The molecule has 0 unspecified atom stereocenters. The van der Waals surface area contributed by atoms with Crippen LogP contribution < -0.4 is 10.6 Å². The van der Waals surface area contributed by atoms with E-state index in [2.05, 4.69) is 10.6 Å². The van der Waals surface area contributed by atoms with Crippen molar-refractivity contribution in [2.75, 3.05) is 13.1 Å². The molecule has 92 valence electrons. The molecule has 3 nitrogen and oxygen atoms in total. The van der Waals surface area contributed by atoms with E-state index in [1.165, 1.54) is 0 Å². The van der Waals surface area contributed by atoms with Crippen LogP contribution in [0.2, 0.25) is 5.02 Å². The van der Waals surface area contributed by atoms with Gasteiger partial charge < -0.3 is 10.6 Å². The zero-order valence-electron chi connectivity index (χ0n) is 9.87. The number of rotatable bonds is 4. The molecule has 2 N–H and O–H groups in total. The highest BCUT2D eigenvalue weighted by Crippen LogP contribution is 2.18. The van der Waals surface area contributed by atoms with Gasteiger partial charge in [-0.1, -0.05) is 23.7 Å². The third-order valence-electron chi connectivity index (χ3n) is 3.07. The van der Waals surface area contributed by atoms with Gasteiger partial charge in [0.1, 0.15) is 0 Å². The lowest BCUT2D eigenvalue weighted by atomic mass is 9.98. The van der Waals surface area contributed by atoms with Gasteiger partial charge in [-0.05, 0) is 43.6 Å². The molecule has 1 aromatic rings. The van der Waals surface area contributed by atoms with Crippen LogP contribution in [0.4, 0.5) is 0 Å². The number of halogens is 1. The smallest absolute Gasteiger partial charge is 0.220 e. The first-order valence-electron chi connectivity index (χ1n) is 5.90. The first kappa shape index (κ1) is 12.4. The van der Waals surface area contributed by atoms with Gasteiger partial charge >= 0.3 is 0 Å². The van der Waals surface area contributed by atoms with Gasteiger partial charge in [-0.3, -0.25) is 4.79 Å². The molecule has 1 amide bonds. The molecule has 1 saturated heterocycles. The molecule has 0 aliphatic carbocycles. The molecule has 0 spiro atoms. The van der Waals surface area contributed by atoms with Crippen molar-refractivity contribution in [3.63, 3.8) is 0 Å². The molecule has 1 aliphatic heterocycles. The van der Waals surface area contributed by atoms with Crippen molar-refractivity contribution in [3.05, 3.63) is 34.9 Å². The van der Waals surface area contributed by atoms with Crippen molar-refractivity contribution in [1.82, 2.24) is 10.6 Å². The van der Waals surface area contributed by atoms with Crippen molar-refractivity contribution in [2.45, 2.75) is 19.4 Å². The lowest BCUT2D eigenvalue weighted by Crippen LogP contribution is -2.44. The Morgan fingerprint density at radius 3 is 2.94 bits per heavy atom. The number of carbonyl (C=O) groups is 1. The Bertz CT molecular complexity index is 404. The lowest BCUT2D eigenvalue weighted by Gasteiger charge is -2.27. The van der Waals surface area contributed by atoms with Gasteiger partial charge in [-0.25, -0.2) is 0 Å². The average Bonchev–Trinajstić information content (AvgIpc) is 2.23. The molecule has 1 fully saturated rings. The van der Waals surface area contributed by atoms with Crippen LogP contribution in [0.1, 0.15) is 24.9 Å². The molecule has 1 aromatic carbocycles. The third-order valence-corrected chi connectivity index (χ3v) is 3.30. The monoisotopic (exact) mass is 252 g/mol. The molecule has 17 heavy (non-hydrogen) atoms. The van der Waals surface area contributed by atoms with E-state index < -0.39 is 0 Å². The number of carbonyl (C=O) groups excluding carboxylic acids is 1. The van der Waals surface area contributed by atoms with E-state index >= 15 is 0 Å². The first-order valence-corrected chi connectivity index (χ1v) is 6.28. The number of hydrogen-bond acceptors (Lipinski definition) is 2. The van der Waals surface area contributed by atoms with Crippen LogP contribution in [-0.2, 0) is 4.79 Å². The van der Waals surface area contributed by atoms with Crippen LogP contribution in [0, 0.1) is 5.92 Å². The predicted octanol–water partition coefficient (Wildman–Crippen LogP) is 2.13. The maximum absolute atomic E-state index is 11.7. The molecule has 1 aliphatic rings. The van der Waals surface area contributed by atoms with E-state index in [1.54, 1.807) is 0 Å². The Balaban J connectivity index is 1.87. The third kappa shape index (κ3) is 3.45. The van der Waals surface area contributed by atoms with Crippen molar-refractivity contribution < 1.29 is 4.79 Å². The Labute approximate surface area is 107 Å². The molecule has 4 heteroatoms. The topological polar surface area (TPSA) is 41.1 Å². The lowest BCUT2D eigenvalue weighted by molar-refractivity contribution is -0.123. The van der Waals surface area contributed by atoms with Crippen LogP contribution in [0.15, 0.2) is 24.3 Å². The zero-order chi connectivity index (χ0) is 12.3. The van der Waals surface area contributed by atoms with Crippen molar-refractivity contribution in [2.24, 2.45) is 5.92 Å². The van der Waals surface area contributed by atoms with E-state index in [1.807, 2.05) is 31.2 Å². The highest BCUT2D eigenvalue weighted by atomic mass is 35.5. The van der Waals surface area contributed by atoms with E-state index in [0.29, 0.717) is 17.4 Å². The SMILES string of the molecule is C[C@H](NC(=O)CC1CNC1)c1cccc(Cl)c1. The van der Waals surface area contributed by atoms with E-state index in [-0.39, 0.29) is 11.9 Å². The minimum Gasteiger partial charge on any atom is -0.350 e. The van der Waals surface area contributed by atoms with Gasteiger partial charge in [0.15, 0.2) is 0 Å². The standard InChI is InChI=1S/C13H17ClN2O/c1-9(11-3-2-4-12(14)6-11)16-13(17)5-10-7-15-8-10/h2-4,6,9-10,15H,5,7-8H2,1H3,(H,16,17)/t9-/m0/s1. The maximum atomic E-state index is 11.7. The quantitative estimate of drug-likeness (QED) is 0.862. The predicted molar refractivity (Wildman–Crippen MR) is 69.0 cm³/mol. The largest absolute Gasteiger partial charge is 0.350 e. The second-order valence-corrected chi connectivity index (χ2v) is 5.01. The zero-order valence-corrected chi connectivity index (χ0v) is 10.6. The fourth-order valence-electron chi connectivity index (χ4n) is 1.91. The molecular weight excluding hydrogens is 236 g/mol. The molecule has 0 saturated carbocycles. The minimum absolute atomic E-state index is 0.00855. The Morgan fingerprint density at radius 2 is 2.35 bits per heavy atom. The summed E-state index contributed by atoms with van der Waals surface area (Å²) in [5.41, 5.74) is 1.04. The van der Waals surface area contributed by atoms with Gasteiger partial charge in [-0.2, -0.15) is 0 Å². The summed E-state index contributed by atoms with van der Waals surface area (Å²) < 4.78 is 0. The van der Waals surface area contributed by atoms with Crippen molar-refractivity contribution in [3.8, 4) is 0 Å². The number of hydrogen-bond donors (Lipinski definition) is 2. The summed E-state index contributed by atoms with van der Waals surface area (Å²) in [5.74, 6) is 0.616. The van der Waals surface area contributed by atoms with Crippen molar-refractivity contribution >= 4 is 17.5 Å². The molecule has 1 atom stereocenters. The summed E-state index contributed by atoms with van der Waals surface area (Å²) >= 11 is 5.92. The van der Waals surface area contributed by atoms with Gasteiger partial charge in [-0.15, -0.1) is 0 Å². The summed E-state index contributed by atoms with van der Waals surface area (Å²) in [6.45, 7) is 3.89. The average molecular weight is 253 g/mol. The Kier molecular flexibility index (Phi) is 4.02. The van der Waals surface area contributed by atoms with Gasteiger partial charge in [0, 0.05) is 11.4 Å². The number of benzene rings is 1. The number of amides is 1. The fraction of sp³-hybridized carbons (Fsp3) is 0.462. The van der Waals surface area contributed by atoms with Crippen LogP contribution in [0.25, 0.3) is 0 Å². The second kappa shape index (κ2) is 5.52. The van der Waals surface area contributed by atoms with Crippen molar-refractivity contribution in [1.29, 1.82) is 0 Å². The van der Waals surface area contributed by atoms with Gasteiger partial charge in [0.2, 0.25) is 5.91 Å². The molecule has 0 radical (unpaired) electrons. The number of nitrogens with one attached hydrogen (secondary N) is 2.